The summed E-state index contributed by atoms with van der Waals surface area (Å²) in [6, 6.07) is 9.86. The maximum atomic E-state index is 11.6. The first kappa shape index (κ1) is 13.4. The van der Waals surface area contributed by atoms with E-state index in [1.54, 1.807) is 4.90 Å². The molecule has 1 aromatic rings. The van der Waals surface area contributed by atoms with Crippen molar-refractivity contribution < 1.29 is 19.4 Å². The van der Waals surface area contributed by atoms with Crippen LogP contribution in [0.5, 0.6) is 0 Å². The van der Waals surface area contributed by atoms with Crippen molar-refractivity contribution in [2.45, 2.75) is 12.8 Å². The number of carboxylic acid groups (broad SMARTS) is 1. The lowest BCUT2D eigenvalue weighted by atomic mass is 10.0. The van der Waals surface area contributed by atoms with Crippen molar-refractivity contribution in [2.75, 3.05) is 19.7 Å². The van der Waals surface area contributed by atoms with Gasteiger partial charge in [-0.25, -0.2) is 4.79 Å². The Kier molecular flexibility index (Phi) is 4.39. The standard InChI is InChI=1S/C14H17NO4/c16-13(17)8-12-9-15(14(18)19-10-12)7-6-11-4-2-1-3-5-11/h1-5,12H,6-10H2,(H,16,17). The van der Waals surface area contributed by atoms with E-state index >= 15 is 0 Å². The molecule has 1 saturated heterocycles. The lowest BCUT2D eigenvalue weighted by Crippen LogP contribution is -2.44. The van der Waals surface area contributed by atoms with Gasteiger partial charge in [0.2, 0.25) is 0 Å². The van der Waals surface area contributed by atoms with Crippen molar-refractivity contribution in [3.8, 4) is 0 Å². The van der Waals surface area contributed by atoms with E-state index in [-0.39, 0.29) is 25.0 Å². The molecular weight excluding hydrogens is 246 g/mol. The highest BCUT2D eigenvalue weighted by molar-refractivity contribution is 5.70. The number of aliphatic carboxylic acids is 1. The first-order valence-electron chi connectivity index (χ1n) is 6.32. The van der Waals surface area contributed by atoms with E-state index < -0.39 is 5.97 Å². The van der Waals surface area contributed by atoms with Crippen molar-refractivity contribution in [1.29, 1.82) is 0 Å². The highest BCUT2D eigenvalue weighted by Gasteiger charge is 2.28. The van der Waals surface area contributed by atoms with Gasteiger partial charge in [-0.05, 0) is 12.0 Å². The Balaban J connectivity index is 1.87. The Labute approximate surface area is 111 Å². The number of nitrogens with zero attached hydrogens (tertiary/aromatic N) is 1. The van der Waals surface area contributed by atoms with Crippen LogP contribution in [0.25, 0.3) is 0 Å². The lowest BCUT2D eigenvalue weighted by molar-refractivity contribution is -0.139. The summed E-state index contributed by atoms with van der Waals surface area (Å²) >= 11 is 0. The van der Waals surface area contributed by atoms with Crippen molar-refractivity contribution in [1.82, 2.24) is 4.90 Å². The molecule has 1 N–H and O–H groups in total. The number of carbonyl (C=O) groups is 2. The van der Waals surface area contributed by atoms with Crippen LogP contribution in [0.4, 0.5) is 4.79 Å². The number of carbonyl (C=O) groups excluding carboxylic acids is 1. The zero-order valence-electron chi connectivity index (χ0n) is 10.6. The number of benzene rings is 1. The Morgan fingerprint density at radius 3 is 2.79 bits per heavy atom. The summed E-state index contributed by atoms with van der Waals surface area (Å²) in [7, 11) is 0. The second-order valence-electron chi connectivity index (χ2n) is 4.72. The largest absolute Gasteiger partial charge is 0.481 e. The second kappa shape index (κ2) is 6.22. The molecule has 1 amide bonds. The molecule has 0 radical (unpaired) electrons. The maximum Gasteiger partial charge on any atom is 0.409 e. The number of cyclic esters (lactones) is 1. The minimum atomic E-state index is -0.856. The van der Waals surface area contributed by atoms with Gasteiger partial charge < -0.3 is 14.7 Å². The van der Waals surface area contributed by atoms with Gasteiger partial charge in [0, 0.05) is 19.0 Å². The quantitative estimate of drug-likeness (QED) is 0.879. The van der Waals surface area contributed by atoms with E-state index in [4.69, 9.17) is 9.84 Å². The number of hydrogen-bond donors (Lipinski definition) is 1. The molecule has 1 aliphatic heterocycles. The smallest absolute Gasteiger partial charge is 0.409 e. The molecule has 0 bridgehead atoms. The minimum absolute atomic E-state index is 0.0368. The van der Waals surface area contributed by atoms with Gasteiger partial charge in [0.05, 0.1) is 13.0 Å². The Bertz CT molecular complexity index is 446. The number of ether oxygens (including phenoxy) is 1. The van der Waals surface area contributed by atoms with Crippen molar-refractivity contribution >= 4 is 12.1 Å². The summed E-state index contributed by atoms with van der Waals surface area (Å²) in [5.41, 5.74) is 1.15. The number of rotatable bonds is 5. The number of amides is 1. The summed E-state index contributed by atoms with van der Waals surface area (Å²) in [6.45, 7) is 1.21. The molecule has 1 unspecified atom stereocenters. The molecule has 102 valence electrons. The molecule has 2 rings (SSSR count). The van der Waals surface area contributed by atoms with Crippen LogP contribution in [-0.4, -0.2) is 41.8 Å². The predicted molar refractivity (Wildman–Crippen MR) is 68.8 cm³/mol. The van der Waals surface area contributed by atoms with Crippen LogP contribution >= 0.6 is 0 Å². The van der Waals surface area contributed by atoms with E-state index in [1.807, 2.05) is 30.3 Å². The summed E-state index contributed by atoms with van der Waals surface area (Å²) in [5.74, 6) is -0.975. The average molecular weight is 263 g/mol. The Morgan fingerprint density at radius 2 is 2.11 bits per heavy atom. The van der Waals surface area contributed by atoms with Crippen LogP contribution < -0.4 is 0 Å². The van der Waals surface area contributed by atoms with E-state index in [1.165, 1.54) is 0 Å². The van der Waals surface area contributed by atoms with Crippen LogP contribution in [0.15, 0.2) is 30.3 Å². The molecule has 0 saturated carbocycles. The molecule has 5 heteroatoms. The fourth-order valence-corrected chi connectivity index (χ4v) is 2.18. The third-order valence-electron chi connectivity index (χ3n) is 3.16. The summed E-state index contributed by atoms with van der Waals surface area (Å²) in [4.78, 5) is 23.9. The lowest BCUT2D eigenvalue weighted by Gasteiger charge is -2.31. The fourth-order valence-electron chi connectivity index (χ4n) is 2.18. The highest BCUT2D eigenvalue weighted by atomic mass is 16.6. The van der Waals surface area contributed by atoms with E-state index in [9.17, 15) is 9.59 Å². The monoisotopic (exact) mass is 263 g/mol. The SMILES string of the molecule is O=C(O)CC1COC(=O)N(CCc2ccccc2)C1. The van der Waals surface area contributed by atoms with Gasteiger partial charge in [0.25, 0.3) is 0 Å². The molecule has 1 atom stereocenters. The van der Waals surface area contributed by atoms with Gasteiger partial charge >= 0.3 is 12.1 Å². The van der Waals surface area contributed by atoms with Crippen LogP contribution in [0.2, 0.25) is 0 Å². The molecule has 0 aromatic heterocycles. The van der Waals surface area contributed by atoms with Crippen LogP contribution in [0.3, 0.4) is 0 Å². The molecule has 5 nitrogen and oxygen atoms in total. The van der Waals surface area contributed by atoms with Gasteiger partial charge in [0.15, 0.2) is 0 Å². The molecule has 0 aliphatic carbocycles. The van der Waals surface area contributed by atoms with Crippen molar-refractivity contribution in [3.63, 3.8) is 0 Å². The zero-order chi connectivity index (χ0) is 13.7. The highest BCUT2D eigenvalue weighted by Crippen LogP contribution is 2.15. The van der Waals surface area contributed by atoms with Gasteiger partial charge in [-0.1, -0.05) is 30.3 Å². The molecule has 1 aliphatic rings. The third kappa shape index (κ3) is 3.98. The van der Waals surface area contributed by atoms with E-state index in [0.29, 0.717) is 13.1 Å². The fraction of sp³-hybridized carbons (Fsp3) is 0.429. The topological polar surface area (TPSA) is 66.8 Å². The van der Waals surface area contributed by atoms with Crippen molar-refractivity contribution in [2.24, 2.45) is 5.92 Å². The maximum absolute atomic E-state index is 11.6. The Hall–Kier alpha value is -2.04. The van der Waals surface area contributed by atoms with Crippen molar-refractivity contribution in [3.05, 3.63) is 35.9 Å². The molecular formula is C14H17NO4. The summed E-state index contributed by atoms with van der Waals surface area (Å²) < 4.78 is 5.02. The van der Waals surface area contributed by atoms with Crippen LogP contribution in [0.1, 0.15) is 12.0 Å². The molecule has 1 aromatic carbocycles. The predicted octanol–water partition coefficient (Wildman–Crippen LogP) is 1.77. The molecule has 1 heterocycles. The molecule has 1 fully saturated rings. The van der Waals surface area contributed by atoms with Gasteiger partial charge in [0.1, 0.15) is 0 Å². The number of carboxylic acids is 1. The minimum Gasteiger partial charge on any atom is -0.481 e. The van der Waals surface area contributed by atoms with Gasteiger partial charge in [-0.15, -0.1) is 0 Å². The molecule has 19 heavy (non-hydrogen) atoms. The normalized spacial score (nSPS) is 19.1. The summed E-state index contributed by atoms with van der Waals surface area (Å²) in [6.07, 6.45) is 0.433. The van der Waals surface area contributed by atoms with Gasteiger partial charge in [-0.3, -0.25) is 4.79 Å². The number of hydrogen-bond acceptors (Lipinski definition) is 3. The average Bonchev–Trinajstić information content (AvgIpc) is 2.40. The first-order valence-corrected chi connectivity index (χ1v) is 6.32. The van der Waals surface area contributed by atoms with E-state index in [2.05, 4.69) is 0 Å². The van der Waals surface area contributed by atoms with Gasteiger partial charge in [-0.2, -0.15) is 0 Å². The molecule has 0 spiro atoms. The third-order valence-corrected chi connectivity index (χ3v) is 3.16. The first-order chi connectivity index (χ1) is 9.15. The van der Waals surface area contributed by atoms with Crippen LogP contribution in [-0.2, 0) is 16.0 Å². The summed E-state index contributed by atoms with van der Waals surface area (Å²) in [5, 5.41) is 8.77. The Morgan fingerprint density at radius 1 is 1.37 bits per heavy atom. The van der Waals surface area contributed by atoms with Crippen LogP contribution in [0, 0.1) is 5.92 Å². The zero-order valence-corrected chi connectivity index (χ0v) is 10.6. The van der Waals surface area contributed by atoms with E-state index in [0.717, 1.165) is 12.0 Å². The second-order valence-corrected chi connectivity index (χ2v) is 4.72.